The summed E-state index contributed by atoms with van der Waals surface area (Å²) >= 11 is 0. The number of hydrogen-bond donors (Lipinski definition) is 2. The molecule has 0 saturated carbocycles. The molecule has 0 amide bonds. The highest BCUT2D eigenvalue weighted by atomic mass is 15.1. The van der Waals surface area contributed by atoms with Crippen molar-refractivity contribution in [1.82, 2.24) is 15.5 Å². The molecule has 0 aliphatic carbocycles. The lowest BCUT2D eigenvalue weighted by molar-refractivity contribution is 0.337. The van der Waals surface area contributed by atoms with E-state index in [0.29, 0.717) is 0 Å². The summed E-state index contributed by atoms with van der Waals surface area (Å²) in [5.74, 6) is 0. The third-order valence-electron chi connectivity index (χ3n) is 1.66. The van der Waals surface area contributed by atoms with Crippen molar-refractivity contribution in [3.05, 3.63) is 12.3 Å². The van der Waals surface area contributed by atoms with Crippen LogP contribution in [0.15, 0.2) is 12.3 Å². The molecule has 0 aromatic carbocycles. The zero-order valence-electron chi connectivity index (χ0n) is 8.48. The molecule has 2 N–H and O–H groups in total. The Morgan fingerprint density at radius 2 is 1.92 bits per heavy atom. The van der Waals surface area contributed by atoms with Crippen LogP contribution in [-0.2, 0) is 0 Å². The number of nitrogens with zero attached hydrogens (tertiary/aromatic N) is 1. The molecule has 0 atom stereocenters. The Labute approximate surface area is 75.8 Å². The Hall–Kier alpha value is -0.540. The predicted octanol–water partition coefficient (Wildman–Crippen LogP) is 0.261. The topological polar surface area (TPSA) is 27.3 Å². The minimum Gasteiger partial charge on any atom is -0.388 e. The number of likely N-dealkylation sites (N-methyl/N-ethyl adjacent to an activating group) is 2. The summed E-state index contributed by atoms with van der Waals surface area (Å²) < 4.78 is 0. The highest BCUT2D eigenvalue weighted by molar-refractivity contribution is 4.84. The molecule has 0 heterocycles. The molecule has 0 bridgehead atoms. The molecule has 0 radical (unpaired) electrons. The first kappa shape index (κ1) is 11.5. The molecular weight excluding hydrogens is 150 g/mol. The van der Waals surface area contributed by atoms with E-state index >= 15 is 0 Å². The van der Waals surface area contributed by atoms with Gasteiger partial charge < -0.3 is 15.5 Å². The fourth-order valence-corrected chi connectivity index (χ4v) is 0.875. The summed E-state index contributed by atoms with van der Waals surface area (Å²) in [4.78, 5) is 2.28. The Morgan fingerprint density at radius 3 is 2.42 bits per heavy atom. The Kier molecular flexibility index (Phi) is 6.81. The predicted molar refractivity (Wildman–Crippen MR) is 54.2 cm³/mol. The van der Waals surface area contributed by atoms with Gasteiger partial charge >= 0.3 is 0 Å². The summed E-state index contributed by atoms with van der Waals surface area (Å²) in [7, 11) is 4.09. The molecule has 0 spiro atoms. The first-order chi connectivity index (χ1) is 5.66. The summed E-state index contributed by atoms with van der Waals surface area (Å²) in [5, 5.41) is 6.31. The van der Waals surface area contributed by atoms with Crippen molar-refractivity contribution < 1.29 is 0 Å². The number of rotatable bonds is 7. The SMILES string of the molecule is C=C(C)NCCN(C)CCNC. The first-order valence-corrected chi connectivity index (χ1v) is 4.39. The van der Waals surface area contributed by atoms with Gasteiger partial charge in [0.2, 0.25) is 0 Å². The molecule has 72 valence electrons. The monoisotopic (exact) mass is 171 g/mol. The van der Waals surface area contributed by atoms with Gasteiger partial charge in [-0.3, -0.25) is 0 Å². The Morgan fingerprint density at radius 1 is 1.33 bits per heavy atom. The van der Waals surface area contributed by atoms with Crippen molar-refractivity contribution in [1.29, 1.82) is 0 Å². The van der Waals surface area contributed by atoms with E-state index in [2.05, 4.69) is 29.2 Å². The minimum absolute atomic E-state index is 0.982. The number of nitrogens with one attached hydrogen (secondary N) is 2. The van der Waals surface area contributed by atoms with Gasteiger partial charge in [-0.15, -0.1) is 0 Å². The van der Waals surface area contributed by atoms with E-state index in [9.17, 15) is 0 Å². The van der Waals surface area contributed by atoms with E-state index in [1.54, 1.807) is 0 Å². The molecule has 12 heavy (non-hydrogen) atoms. The second-order valence-electron chi connectivity index (χ2n) is 3.11. The van der Waals surface area contributed by atoms with Gasteiger partial charge in [-0.2, -0.15) is 0 Å². The normalized spacial score (nSPS) is 10.3. The molecule has 3 nitrogen and oxygen atoms in total. The molecule has 3 heteroatoms. The molecule has 0 aliphatic rings. The van der Waals surface area contributed by atoms with Gasteiger partial charge in [-0.1, -0.05) is 6.58 Å². The van der Waals surface area contributed by atoms with E-state index in [4.69, 9.17) is 0 Å². The van der Waals surface area contributed by atoms with Crippen LogP contribution in [0.4, 0.5) is 0 Å². The Bertz CT molecular complexity index is 123. The van der Waals surface area contributed by atoms with Crippen LogP contribution in [0.3, 0.4) is 0 Å². The zero-order chi connectivity index (χ0) is 9.40. The molecule has 0 rings (SSSR count). The van der Waals surface area contributed by atoms with E-state index < -0.39 is 0 Å². The van der Waals surface area contributed by atoms with Crippen LogP contribution in [0.1, 0.15) is 6.92 Å². The second-order valence-corrected chi connectivity index (χ2v) is 3.11. The average molecular weight is 171 g/mol. The fraction of sp³-hybridized carbons (Fsp3) is 0.778. The van der Waals surface area contributed by atoms with Gasteiger partial charge in [0, 0.05) is 31.9 Å². The van der Waals surface area contributed by atoms with Crippen molar-refractivity contribution in [2.75, 3.05) is 40.3 Å². The highest BCUT2D eigenvalue weighted by Gasteiger charge is 1.95. The summed E-state index contributed by atoms with van der Waals surface area (Å²) in [6.07, 6.45) is 0. The van der Waals surface area contributed by atoms with Crippen LogP contribution in [0.25, 0.3) is 0 Å². The van der Waals surface area contributed by atoms with Gasteiger partial charge in [0.1, 0.15) is 0 Å². The number of hydrogen-bond acceptors (Lipinski definition) is 3. The van der Waals surface area contributed by atoms with Gasteiger partial charge in [0.25, 0.3) is 0 Å². The van der Waals surface area contributed by atoms with Crippen molar-refractivity contribution in [3.63, 3.8) is 0 Å². The molecule has 0 saturated heterocycles. The fourth-order valence-electron chi connectivity index (χ4n) is 0.875. The minimum atomic E-state index is 0.982. The van der Waals surface area contributed by atoms with Crippen LogP contribution in [-0.4, -0.2) is 45.2 Å². The lowest BCUT2D eigenvalue weighted by Gasteiger charge is -2.16. The molecular formula is C9H21N3. The first-order valence-electron chi connectivity index (χ1n) is 4.39. The quantitative estimate of drug-likeness (QED) is 0.575. The Balaban J connectivity index is 3.19. The highest BCUT2D eigenvalue weighted by Crippen LogP contribution is 1.81. The van der Waals surface area contributed by atoms with Crippen molar-refractivity contribution >= 4 is 0 Å². The summed E-state index contributed by atoms with van der Waals surface area (Å²) in [6, 6.07) is 0. The molecule has 0 unspecified atom stereocenters. The third kappa shape index (κ3) is 7.57. The molecule has 0 aromatic heterocycles. The summed E-state index contributed by atoms with van der Waals surface area (Å²) in [6.45, 7) is 9.93. The van der Waals surface area contributed by atoms with Crippen molar-refractivity contribution in [2.24, 2.45) is 0 Å². The molecule has 0 fully saturated rings. The van der Waals surface area contributed by atoms with Crippen molar-refractivity contribution in [3.8, 4) is 0 Å². The standard InChI is InChI=1S/C9H21N3/c1-9(2)11-6-8-12(4)7-5-10-3/h10-11H,1,5-8H2,2-4H3. The second kappa shape index (κ2) is 7.13. The van der Waals surface area contributed by atoms with E-state index in [1.807, 2.05) is 14.0 Å². The van der Waals surface area contributed by atoms with Crippen LogP contribution >= 0.6 is 0 Å². The van der Waals surface area contributed by atoms with E-state index in [1.165, 1.54) is 0 Å². The smallest absolute Gasteiger partial charge is 0.0271 e. The maximum Gasteiger partial charge on any atom is 0.0271 e. The largest absolute Gasteiger partial charge is 0.388 e. The van der Waals surface area contributed by atoms with Crippen LogP contribution in [0.5, 0.6) is 0 Å². The maximum absolute atomic E-state index is 3.77. The number of allylic oxidation sites excluding steroid dienone is 1. The lowest BCUT2D eigenvalue weighted by atomic mass is 10.4. The van der Waals surface area contributed by atoms with Crippen LogP contribution in [0.2, 0.25) is 0 Å². The van der Waals surface area contributed by atoms with Gasteiger partial charge in [-0.05, 0) is 21.0 Å². The van der Waals surface area contributed by atoms with Gasteiger partial charge in [0.05, 0.1) is 0 Å². The molecule has 0 aromatic rings. The van der Waals surface area contributed by atoms with Gasteiger partial charge in [-0.25, -0.2) is 0 Å². The maximum atomic E-state index is 3.77. The van der Waals surface area contributed by atoms with E-state index in [-0.39, 0.29) is 0 Å². The summed E-state index contributed by atoms with van der Waals surface area (Å²) in [5.41, 5.74) is 1.04. The van der Waals surface area contributed by atoms with Crippen LogP contribution < -0.4 is 10.6 Å². The third-order valence-corrected chi connectivity index (χ3v) is 1.66. The zero-order valence-corrected chi connectivity index (χ0v) is 8.48. The van der Waals surface area contributed by atoms with Crippen molar-refractivity contribution in [2.45, 2.75) is 6.92 Å². The van der Waals surface area contributed by atoms with Gasteiger partial charge in [0.15, 0.2) is 0 Å². The molecule has 0 aliphatic heterocycles. The van der Waals surface area contributed by atoms with Crippen LogP contribution in [0, 0.1) is 0 Å². The van der Waals surface area contributed by atoms with E-state index in [0.717, 1.165) is 31.9 Å². The average Bonchev–Trinajstić information content (AvgIpc) is 2.00. The lowest BCUT2D eigenvalue weighted by Crippen LogP contribution is -2.32.